The number of rotatable bonds is 3. The third kappa shape index (κ3) is 3.03. The van der Waals surface area contributed by atoms with Gasteiger partial charge in [0.15, 0.2) is 0 Å². The van der Waals surface area contributed by atoms with Crippen LogP contribution in [-0.2, 0) is 10.0 Å². The van der Waals surface area contributed by atoms with Gasteiger partial charge in [0.2, 0.25) is 0 Å². The van der Waals surface area contributed by atoms with Crippen LogP contribution >= 0.6 is 38.9 Å². The Kier molecular flexibility index (Phi) is 3.96. The van der Waals surface area contributed by atoms with Crippen LogP contribution in [0.4, 0.5) is 10.1 Å². The minimum Gasteiger partial charge on any atom is -0.276 e. The van der Waals surface area contributed by atoms with Crippen LogP contribution < -0.4 is 4.72 Å². The van der Waals surface area contributed by atoms with Gasteiger partial charge in [-0.25, -0.2) is 12.8 Å². The number of halogens is 3. The lowest BCUT2D eigenvalue weighted by Gasteiger charge is -2.07. The molecular weight excluding hydrogens is 365 g/mol. The van der Waals surface area contributed by atoms with Crippen molar-refractivity contribution < 1.29 is 12.8 Å². The molecule has 0 atom stereocenters. The maximum atomic E-state index is 13.4. The SMILES string of the molecule is O=S(=O)(Nc1cc(Cl)ccc1F)c1ccc(Br)s1. The van der Waals surface area contributed by atoms with E-state index in [9.17, 15) is 12.8 Å². The molecule has 0 bridgehead atoms. The molecule has 0 spiro atoms. The Morgan fingerprint density at radius 3 is 2.61 bits per heavy atom. The maximum Gasteiger partial charge on any atom is 0.271 e. The molecule has 0 radical (unpaired) electrons. The lowest BCUT2D eigenvalue weighted by molar-refractivity contribution is 0.600. The molecule has 18 heavy (non-hydrogen) atoms. The average Bonchev–Trinajstić information content (AvgIpc) is 2.71. The van der Waals surface area contributed by atoms with Gasteiger partial charge in [-0.1, -0.05) is 11.6 Å². The molecule has 0 aliphatic carbocycles. The van der Waals surface area contributed by atoms with Gasteiger partial charge >= 0.3 is 0 Å². The van der Waals surface area contributed by atoms with Gasteiger partial charge in [-0.15, -0.1) is 11.3 Å². The van der Waals surface area contributed by atoms with Crippen LogP contribution in [-0.4, -0.2) is 8.42 Å². The summed E-state index contributed by atoms with van der Waals surface area (Å²) in [6.07, 6.45) is 0. The lowest BCUT2D eigenvalue weighted by Crippen LogP contribution is -2.12. The summed E-state index contributed by atoms with van der Waals surface area (Å²) in [4.78, 5) is 0. The summed E-state index contributed by atoms with van der Waals surface area (Å²) in [7, 11) is -3.79. The van der Waals surface area contributed by atoms with E-state index in [4.69, 9.17) is 11.6 Å². The number of benzene rings is 1. The molecule has 2 aromatic rings. The third-order valence-corrected chi connectivity index (χ3v) is 5.70. The summed E-state index contributed by atoms with van der Waals surface area (Å²) >= 11 is 9.89. The minimum absolute atomic E-state index is 0.0914. The van der Waals surface area contributed by atoms with E-state index in [0.717, 1.165) is 17.4 Å². The highest BCUT2D eigenvalue weighted by molar-refractivity contribution is 9.11. The fraction of sp³-hybridized carbons (Fsp3) is 0. The van der Waals surface area contributed by atoms with Crippen molar-refractivity contribution in [1.82, 2.24) is 0 Å². The summed E-state index contributed by atoms with van der Waals surface area (Å²) in [6.45, 7) is 0. The van der Waals surface area contributed by atoms with Crippen molar-refractivity contribution in [1.29, 1.82) is 0 Å². The molecule has 0 aliphatic rings. The lowest BCUT2D eigenvalue weighted by atomic mass is 10.3. The summed E-state index contributed by atoms with van der Waals surface area (Å²) < 4.78 is 40.2. The zero-order valence-corrected chi connectivity index (χ0v) is 12.6. The smallest absolute Gasteiger partial charge is 0.271 e. The molecule has 3 nitrogen and oxygen atoms in total. The summed E-state index contributed by atoms with van der Waals surface area (Å²) in [6, 6.07) is 6.70. The highest BCUT2D eigenvalue weighted by atomic mass is 79.9. The first-order chi connectivity index (χ1) is 8.38. The summed E-state index contributed by atoms with van der Waals surface area (Å²) in [5, 5.41) is 0.251. The first kappa shape index (κ1) is 13.8. The molecule has 1 N–H and O–H groups in total. The number of hydrogen-bond acceptors (Lipinski definition) is 3. The third-order valence-electron chi connectivity index (χ3n) is 1.99. The molecule has 8 heteroatoms. The molecule has 0 aliphatic heterocycles. The number of anilines is 1. The second-order valence-electron chi connectivity index (χ2n) is 3.29. The van der Waals surface area contributed by atoms with E-state index in [2.05, 4.69) is 20.7 Å². The molecule has 1 aromatic carbocycles. The Balaban J connectivity index is 2.36. The Bertz CT molecular complexity index is 687. The molecule has 1 heterocycles. The largest absolute Gasteiger partial charge is 0.276 e. The fourth-order valence-electron chi connectivity index (χ4n) is 1.21. The highest BCUT2D eigenvalue weighted by Gasteiger charge is 2.18. The molecule has 2 rings (SSSR count). The van der Waals surface area contributed by atoms with E-state index in [1.54, 1.807) is 6.07 Å². The van der Waals surface area contributed by atoms with Gasteiger partial charge in [-0.3, -0.25) is 4.72 Å². The number of nitrogens with one attached hydrogen (secondary N) is 1. The van der Waals surface area contributed by atoms with E-state index in [0.29, 0.717) is 3.79 Å². The van der Waals surface area contributed by atoms with Gasteiger partial charge in [0, 0.05) is 5.02 Å². The molecule has 0 amide bonds. The van der Waals surface area contributed by atoms with Crippen molar-refractivity contribution in [2.45, 2.75) is 4.21 Å². The second kappa shape index (κ2) is 5.16. The molecule has 0 saturated heterocycles. The van der Waals surface area contributed by atoms with E-state index < -0.39 is 15.8 Å². The fourth-order valence-corrected chi connectivity index (χ4v) is 4.45. The van der Waals surface area contributed by atoms with Crippen molar-refractivity contribution in [2.24, 2.45) is 0 Å². The van der Waals surface area contributed by atoms with Crippen molar-refractivity contribution in [3.8, 4) is 0 Å². The Morgan fingerprint density at radius 1 is 1.28 bits per heavy atom. The number of thiophene rings is 1. The van der Waals surface area contributed by atoms with Crippen LogP contribution in [0.3, 0.4) is 0 Å². The summed E-state index contributed by atoms with van der Waals surface area (Å²) in [5.74, 6) is -0.682. The zero-order valence-electron chi connectivity index (χ0n) is 8.65. The van der Waals surface area contributed by atoms with Crippen molar-refractivity contribution in [2.75, 3.05) is 4.72 Å². The van der Waals surface area contributed by atoms with Crippen LogP contribution in [0.5, 0.6) is 0 Å². The average molecular weight is 371 g/mol. The van der Waals surface area contributed by atoms with E-state index in [-0.39, 0.29) is 14.9 Å². The number of sulfonamides is 1. The van der Waals surface area contributed by atoms with Gasteiger partial charge in [0.05, 0.1) is 9.47 Å². The molecule has 0 fully saturated rings. The highest BCUT2D eigenvalue weighted by Crippen LogP contribution is 2.29. The van der Waals surface area contributed by atoms with E-state index in [1.807, 2.05) is 0 Å². The maximum absolute atomic E-state index is 13.4. The van der Waals surface area contributed by atoms with Crippen LogP contribution in [0.15, 0.2) is 38.3 Å². The topological polar surface area (TPSA) is 46.2 Å². The normalized spacial score (nSPS) is 11.5. The predicted octanol–water partition coefficient (Wildman–Crippen LogP) is 4.10. The van der Waals surface area contributed by atoms with Gasteiger partial charge < -0.3 is 0 Å². The standard InChI is InChI=1S/C10H6BrClFNO2S2/c11-9-3-4-10(17-9)18(15,16)14-8-5-6(12)1-2-7(8)13/h1-5,14H. The van der Waals surface area contributed by atoms with Gasteiger partial charge in [0.1, 0.15) is 10.0 Å². The first-order valence-electron chi connectivity index (χ1n) is 4.62. The van der Waals surface area contributed by atoms with Crippen molar-refractivity contribution in [3.63, 3.8) is 0 Å². The van der Waals surface area contributed by atoms with E-state index in [1.165, 1.54) is 18.2 Å². The molecule has 0 saturated carbocycles. The molecule has 96 valence electrons. The van der Waals surface area contributed by atoms with Crippen molar-refractivity contribution >= 4 is 54.6 Å². The second-order valence-corrected chi connectivity index (χ2v) is 8.10. The Hall–Kier alpha value is -0.630. The minimum atomic E-state index is -3.79. The van der Waals surface area contributed by atoms with Gasteiger partial charge in [0.25, 0.3) is 10.0 Å². The van der Waals surface area contributed by atoms with Gasteiger partial charge in [-0.05, 0) is 46.3 Å². The predicted molar refractivity (Wildman–Crippen MR) is 74.2 cm³/mol. The van der Waals surface area contributed by atoms with Crippen LogP contribution in [0.25, 0.3) is 0 Å². The van der Waals surface area contributed by atoms with Crippen LogP contribution in [0.1, 0.15) is 0 Å². The zero-order chi connectivity index (χ0) is 13.3. The molecule has 1 aromatic heterocycles. The van der Waals surface area contributed by atoms with Crippen LogP contribution in [0, 0.1) is 5.82 Å². The number of hydrogen-bond donors (Lipinski definition) is 1. The summed E-state index contributed by atoms with van der Waals surface area (Å²) in [5.41, 5.74) is -0.174. The first-order valence-corrected chi connectivity index (χ1v) is 8.09. The van der Waals surface area contributed by atoms with Crippen LogP contribution in [0.2, 0.25) is 5.02 Å². The van der Waals surface area contributed by atoms with Crippen molar-refractivity contribution in [3.05, 3.63) is 45.0 Å². The Morgan fingerprint density at radius 2 is 2.00 bits per heavy atom. The molecular formula is C10H6BrClFNO2S2. The van der Waals surface area contributed by atoms with Gasteiger partial charge in [-0.2, -0.15) is 0 Å². The van der Waals surface area contributed by atoms with E-state index >= 15 is 0 Å². The Labute approximate surface area is 121 Å². The molecule has 0 unspecified atom stereocenters. The quantitative estimate of drug-likeness (QED) is 0.884. The monoisotopic (exact) mass is 369 g/mol.